The molecule has 1 aliphatic rings. The lowest BCUT2D eigenvalue weighted by atomic mass is 9.77. The van der Waals surface area contributed by atoms with Crippen LogP contribution in [0.5, 0.6) is 0 Å². The molecule has 2 N–H and O–H groups in total. The maximum Gasteiger partial charge on any atom is 0.417 e. The van der Waals surface area contributed by atoms with Gasteiger partial charge in [0.25, 0.3) is 0 Å². The van der Waals surface area contributed by atoms with Gasteiger partial charge in [-0.05, 0) is 31.4 Å². The van der Waals surface area contributed by atoms with Crippen molar-refractivity contribution in [1.29, 1.82) is 0 Å². The molecule has 0 spiro atoms. The van der Waals surface area contributed by atoms with Gasteiger partial charge >= 0.3 is 12.1 Å². The van der Waals surface area contributed by atoms with Crippen LogP contribution in [0.3, 0.4) is 0 Å². The van der Waals surface area contributed by atoms with E-state index in [1.165, 1.54) is 0 Å². The van der Waals surface area contributed by atoms with Gasteiger partial charge in [0.15, 0.2) is 0 Å². The summed E-state index contributed by atoms with van der Waals surface area (Å²) in [5.74, 6) is -0.861. The summed E-state index contributed by atoms with van der Waals surface area (Å²) >= 11 is 0. The lowest BCUT2D eigenvalue weighted by Gasteiger charge is -2.38. The molecule has 18 heavy (non-hydrogen) atoms. The Balaban J connectivity index is 2.14. The molecule has 1 heterocycles. The van der Waals surface area contributed by atoms with E-state index in [0.29, 0.717) is 19.0 Å². The topological polar surface area (TPSA) is 62.2 Å². The highest BCUT2D eigenvalue weighted by Crippen LogP contribution is 2.35. The molecular weight excluding hydrogens is 249 g/mol. The molecule has 1 aliphatic carbocycles. The van der Waals surface area contributed by atoms with Crippen molar-refractivity contribution in [3.05, 3.63) is 23.9 Å². The lowest BCUT2D eigenvalue weighted by Crippen LogP contribution is -2.52. The second-order valence-corrected chi connectivity index (χ2v) is 4.30. The first-order chi connectivity index (χ1) is 8.33. The number of rotatable bonds is 3. The normalized spacial score (nSPS) is 17.9. The van der Waals surface area contributed by atoms with Crippen LogP contribution in [0.4, 0.5) is 19.0 Å². The van der Waals surface area contributed by atoms with Crippen molar-refractivity contribution >= 4 is 11.8 Å². The van der Waals surface area contributed by atoms with Crippen molar-refractivity contribution in [2.45, 2.75) is 31.0 Å². The van der Waals surface area contributed by atoms with Gasteiger partial charge in [-0.2, -0.15) is 13.2 Å². The number of nitrogens with one attached hydrogen (secondary N) is 1. The fourth-order valence-electron chi connectivity index (χ4n) is 1.80. The molecule has 0 radical (unpaired) electrons. The van der Waals surface area contributed by atoms with Crippen LogP contribution >= 0.6 is 0 Å². The van der Waals surface area contributed by atoms with Crippen molar-refractivity contribution in [2.75, 3.05) is 5.32 Å². The summed E-state index contributed by atoms with van der Waals surface area (Å²) in [5.41, 5.74) is -1.93. The number of hydrogen-bond donors (Lipinski definition) is 2. The molecule has 0 unspecified atom stereocenters. The SMILES string of the molecule is O=C(O)C1(Nc2ccc(C(F)(F)F)cn2)CCC1. The molecular formula is C11H11F3N2O2. The second kappa shape index (κ2) is 4.15. The monoisotopic (exact) mass is 260 g/mol. The number of aliphatic carboxylic acids is 1. The lowest BCUT2D eigenvalue weighted by molar-refractivity contribution is -0.145. The summed E-state index contributed by atoms with van der Waals surface area (Å²) in [6.45, 7) is 0. The van der Waals surface area contributed by atoms with Crippen molar-refractivity contribution in [3.8, 4) is 0 Å². The zero-order valence-corrected chi connectivity index (χ0v) is 9.29. The first-order valence-electron chi connectivity index (χ1n) is 5.38. The summed E-state index contributed by atoms with van der Waals surface area (Å²) in [6.07, 6.45) is -2.07. The number of pyridine rings is 1. The average Bonchev–Trinajstić information content (AvgIpc) is 2.22. The van der Waals surface area contributed by atoms with Crippen LogP contribution in [0.2, 0.25) is 0 Å². The van der Waals surface area contributed by atoms with Crippen LogP contribution < -0.4 is 5.32 Å². The van der Waals surface area contributed by atoms with E-state index in [-0.39, 0.29) is 5.82 Å². The molecule has 0 atom stereocenters. The Bertz CT molecular complexity index is 452. The van der Waals surface area contributed by atoms with E-state index < -0.39 is 23.2 Å². The maximum absolute atomic E-state index is 12.3. The minimum Gasteiger partial charge on any atom is -0.480 e. The standard InChI is InChI=1S/C11H11F3N2O2/c12-11(13,14)7-2-3-8(15-6-7)16-10(9(17)18)4-1-5-10/h2-3,6H,1,4-5H2,(H,15,16)(H,17,18). The van der Waals surface area contributed by atoms with Gasteiger partial charge < -0.3 is 10.4 Å². The van der Waals surface area contributed by atoms with Crippen LogP contribution in [0.15, 0.2) is 18.3 Å². The third-order valence-corrected chi connectivity index (χ3v) is 3.07. The molecule has 0 bridgehead atoms. The molecule has 0 amide bonds. The Kier molecular flexibility index (Phi) is 2.92. The highest BCUT2D eigenvalue weighted by molar-refractivity contribution is 5.83. The summed E-state index contributed by atoms with van der Waals surface area (Å²) in [6, 6.07) is 2.02. The largest absolute Gasteiger partial charge is 0.480 e. The summed E-state index contributed by atoms with van der Waals surface area (Å²) in [7, 11) is 0. The zero-order chi connectivity index (χ0) is 13.4. The summed E-state index contributed by atoms with van der Waals surface area (Å²) in [4.78, 5) is 14.7. The average molecular weight is 260 g/mol. The predicted octanol–water partition coefficient (Wildman–Crippen LogP) is 2.52. The molecule has 1 aromatic heterocycles. The van der Waals surface area contributed by atoms with E-state index >= 15 is 0 Å². The van der Waals surface area contributed by atoms with Gasteiger partial charge in [0.1, 0.15) is 11.4 Å². The van der Waals surface area contributed by atoms with E-state index in [1.807, 2.05) is 0 Å². The van der Waals surface area contributed by atoms with Gasteiger partial charge in [-0.25, -0.2) is 9.78 Å². The molecule has 1 aromatic rings. The van der Waals surface area contributed by atoms with Crippen LogP contribution in [0.1, 0.15) is 24.8 Å². The Morgan fingerprint density at radius 3 is 2.39 bits per heavy atom. The zero-order valence-electron chi connectivity index (χ0n) is 9.29. The van der Waals surface area contributed by atoms with E-state index in [4.69, 9.17) is 5.11 Å². The van der Waals surface area contributed by atoms with Crippen molar-refractivity contribution < 1.29 is 23.1 Å². The van der Waals surface area contributed by atoms with E-state index in [2.05, 4.69) is 10.3 Å². The van der Waals surface area contributed by atoms with Gasteiger partial charge in [-0.3, -0.25) is 0 Å². The number of hydrogen-bond acceptors (Lipinski definition) is 3. The van der Waals surface area contributed by atoms with Gasteiger partial charge in [0.05, 0.1) is 5.56 Å². The second-order valence-electron chi connectivity index (χ2n) is 4.30. The van der Waals surface area contributed by atoms with Gasteiger partial charge in [-0.1, -0.05) is 0 Å². The van der Waals surface area contributed by atoms with Crippen molar-refractivity contribution in [1.82, 2.24) is 4.98 Å². The minimum absolute atomic E-state index is 0.144. The number of nitrogens with zero attached hydrogens (tertiary/aromatic N) is 1. The third-order valence-electron chi connectivity index (χ3n) is 3.07. The highest BCUT2D eigenvalue weighted by atomic mass is 19.4. The number of carboxylic acids is 1. The first-order valence-corrected chi connectivity index (χ1v) is 5.38. The Morgan fingerprint density at radius 2 is 2.06 bits per heavy atom. The van der Waals surface area contributed by atoms with Crippen molar-refractivity contribution in [2.24, 2.45) is 0 Å². The number of halogens is 3. The Labute approximate surface area is 101 Å². The van der Waals surface area contributed by atoms with Crippen LogP contribution in [-0.2, 0) is 11.0 Å². The molecule has 1 fully saturated rings. The molecule has 98 valence electrons. The first kappa shape index (κ1) is 12.7. The molecule has 4 nitrogen and oxygen atoms in total. The van der Waals surface area contributed by atoms with Gasteiger partial charge in [0.2, 0.25) is 0 Å². The van der Waals surface area contributed by atoms with Gasteiger partial charge in [-0.15, -0.1) is 0 Å². The molecule has 0 saturated heterocycles. The number of anilines is 1. The van der Waals surface area contributed by atoms with Crippen LogP contribution in [0, 0.1) is 0 Å². The summed E-state index contributed by atoms with van der Waals surface area (Å²) < 4.78 is 36.9. The summed E-state index contributed by atoms with van der Waals surface area (Å²) in [5, 5.41) is 11.8. The third kappa shape index (κ3) is 2.25. The number of carbonyl (C=O) groups is 1. The minimum atomic E-state index is -4.44. The Hall–Kier alpha value is -1.79. The molecule has 0 aliphatic heterocycles. The molecule has 1 saturated carbocycles. The smallest absolute Gasteiger partial charge is 0.417 e. The van der Waals surface area contributed by atoms with Gasteiger partial charge in [0, 0.05) is 6.20 Å². The van der Waals surface area contributed by atoms with E-state index in [0.717, 1.165) is 18.6 Å². The fraction of sp³-hybridized carbons (Fsp3) is 0.455. The van der Waals surface area contributed by atoms with E-state index in [9.17, 15) is 18.0 Å². The quantitative estimate of drug-likeness (QED) is 0.876. The number of alkyl halides is 3. The number of aromatic nitrogens is 1. The predicted molar refractivity (Wildman–Crippen MR) is 57.1 cm³/mol. The number of carboxylic acid groups (broad SMARTS) is 1. The molecule has 2 rings (SSSR count). The van der Waals surface area contributed by atoms with E-state index in [1.54, 1.807) is 0 Å². The fourth-order valence-corrected chi connectivity index (χ4v) is 1.80. The Morgan fingerprint density at radius 1 is 1.39 bits per heavy atom. The highest BCUT2D eigenvalue weighted by Gasteiger charge is 2.44. The maximum atomic E-state index is 12.3. The van der Waals surface area contributed by atoms with Crippen molar-refractivity contribution in [3.63, 3.8) is 0 Å². The van der Waals surface area contributed by atoms with Crippen LogP contribution in [0.25, 0.3) is 0 Å². The molecule has 0 aromatic carbocycles. The molecule has 7 heteroatoms. The van der Waals surface area contributed by atoms with Crippen LogP contribution in [-0.4, -0.2) is 21.6 Å².